The highest BCUT2D eigenvalue weighted by molar-refractivity contribution is 8.01. The molecule has 8 heteroatoms. The third kappa shape index (κ3) is 3.34. The SMILES string of the molecule is O=C(Nc1ncc(Sc2cccc(Cl)c2)s1)C1(c2ccc3c(c2)OCO3)CC1. The van der Waals surface area contributed by atoms with Crippen molar-refractivity contribution in [1.29, 1.82) is 0 Å². The average Bonchev–Trinajstić information content (AvgIpc) is 3.17. The van der Waals surface area contributed by atoms with E-state index in [4.69, 9.17) is 21.1 Å². The lowest BCUT2D eigenvalue weighted by Gasteiger charge is -2.15. The number of fused-ring (bicyclic) bond motifs is 1. The lowest BCUT2D eigenvalue weighted by molar-refractivity contribution is -0.118. The molecule has 0 saturated heterocycles. The number of halogens is 1. The zero-order valence-electron chi connectivity index (χ0n) is 14.6. The molecule has 1 aliphatic heterocycles. The number of benzene rings is 2. The fraction of sp³-hybridized carbons (Fsp3) is 0.200. The second kappa shape index (κ2) is 6.99. The van der Waals surface area contributed by atoms with Gasteiger partial charge in [-0.15, -0.1) is 0 Å². The molecule has 1 N–H and O–H groups in total. The Labute approximate surface area is 175 Å². The number of ether oxygens (including phenoxy) is 2. The van der Waals surface area contributed by atoms with Crippen LogP contribution in [-0.2, 0) is 10.2 Å². The number of hydrogen-bond acceptors (Lipinski definition) is 6. The summed E-state index contributed by atoms with van der Waals surface area (Å²) in [5, 5.41) is 4.28. The van der Waals surface area contributed by atoms with E-state index in [1.54, 1.807) is 18.0 Å². The number of aromatic nitrogens is 1. The minimum atomic E-state index is -0.507. The number of nitrogens with one attached hydrogen (secondary N) is 1. The molecular formula is C20H15ClN2O3S2. The molecule has 1 saturated carbocycles. The Morgan fingerprint density at radius 2 is 2.04 bits per heavy atom. The maximum absolute atomic E-state index is 13.0. The first-order chi connectivity index (χ1) is 13.6. The molecule has 0 radical (unpaired) electrons. The third-order valence-electron chi connectivity index (χ3n) is 4.83. The number of anilines is 1. The molecule has 2 aliphatic rings. The first-order valence-electron chi connectivity index (χ1n) is 8.73. The molecule has 0 atom stereocenters. The lowest BCUT2D eigenvalue weighted by atomic mass is 9.94. The summed E-state index contributed by atoms with van der Waals surface area (Å²) in [5.41, 5.74) is 0.451. The van der Waals surface area contributed by atoms with E-state index >= 15 is 0 Å². The largest absolute Gasteiger partial charge is 0.454 e. The molecule has 1 aliphatic carbocycles. The predicted octanol–water partition coefficient (Wildman–Crippen LogP) is 5.35. The summed E-state index contributed by atoms with van der Waals surface area (Å²) in [6.45, 7) is 0.226. The Bertz CT molecular complexity index is 1070. The van der Waals surface area contributed by atoms with Crippen LogP contribution >= 0.6 is 34.7 Å². The molecule has 3 aromatic rings. The third-order valence-corrected chi connectivity index (χ3v) is 7.07. The highest BCUT2D eigenvalue weighted by atomic mass is 35.5. The minimum absolute atomic E-state index is 0.0278. The van der Waals surface area contributed by atoms with Gasteiger partial charge in [-0.25, -0.2) is 4.98 Å². The zero-order valence-corrected chi connectivity index (χ0v) is 17.0. The standard InChI is InChI=1S/C20H15ClN2O3S2/c21-13-2-1-3-14(9-13)27-17-10-22-19(28-17)23-18(24)20(6-7-20)12-4-5-15-16(8-12)26-11-25-15/h1-5,8-10H,6-7,11H2,(H,22,23,24). The van der Waals surface area contributed by atoms with Crippen LogP contribution in [0.3, 0.4) is 0 Å². The molecule has 5 nitrogen and oxygen atoms in total. The van der Waals surface area contributed by atoms with Crippen molar-refractivity contribution >= 4 is 45.7 Å². The molecule has 1 fully saturated rings. The van der Waals surface area contributed by atoms with Crippen LogP contribution in [0.4, 0.5) is 5.13 Å². The van der Waals surface area contributed by atoms with Gasteiger partial charge in [-0.2, -0.15) is 0 Å². The number of amides is 1. The van der Waals surface area contributed by atoms with Crippen molar-refractivity contribution < 1.29 is 14.3 Å². The monoisotopic (exact) mass is 430 g/mol. The van der Waals surface area contributed by atoms with E-state index in [0.29, 0.717) is 15.9 Å². The molecule has 1 aromatic heterocycles. The fourth-order valence-electron chi connectivity index (χ4n) is 3.19. The first-order valence-corrected chi connectivity index (χ1v) is 10.7. The van der Waals surface area contributed by atoms with E-state index in [2.05, 4.69) is 10.3 Å². The van der Waals surface area contributed by atoms with E-state index in [1.165, 1.54) is 11.3 Å². The van der Waals surface area contributed by atoms with Crippen LogP contribution in [0.1, 0.15) is 18.4 Å². The molecule has 2 heterocycles. The van der Waals surface area contributed by atoms with Crippen molar-refractivity contribution in [3.8, 4) is 11.5 Å². The molecule has 0 bridgehead atoms. The van der Waals surface area contributed by atoms with E-state index in [9.17, 15) is 4.79 Å². The Balaban J connectivity index is 1.30. The highest BCUT2D eigenvalue weighted by Gasteiger charge is 2.52. The molecule has 5 rings (SSSR count). The van der Waals surface area contributed by atoms with Crippen LogP contribution in [0.5, 0.6) is 11.5 Å². The summed E-state index contributed by atoms with van der Waals surface area (Å²) < 4.78 is 11.8. The van der Waals surface area contributed by atoms with E-state index < -0.39 is 5.41 Å². The van der Waals surface area contributed by atoms with Gasteiger partial charge in [0.05, 0.1) is 15.8 Å². The van der Waals surface area contributed by atoms with Gasteiger partial charge < -0.3 is 14.8 Å². The average molecular weight is 431 g/mol. The predicted molar refractivity (Wildman–Crippen MR) is 110 cm³/mol. The molecule has 0 unspecified atom stereocenters. The Kier molecular flexibility index (Phi) is 4.45. The minimum Gasteiger partial charge on any atom is -0.454 e. The lowest BCUT2D eigenvalue weighted by Crippen LogP contribution is -2.27. The van der Waals surface area contributed by atoms with Gasteiger partial charge in [-0.05, 0) is 48.7 Å². The van der Waals surface area contributed by atoms with Crippen LogP contribution in [-0.4, -0.2) is 17.7 Å². The molecule has 1 amide bonds. The van der Waals surface area contributed by atoms with Gasteiger partial charge in [-0.1, -0.05) is 46.8 Å². The second-order valence-electron chi connectivity index (χ2n) is 6.65. The molecule has 0 spiro atoms. The van der Waals surface area contributed by atoms with Crippen LogP contribution in [0.2, 0.25) is 5.02 Å². The quantitative estimate of drug-likeness (QED) is 0.591. The number of thiazole rings is 1. The number of carbonyl (C=O) groups is 1. The molecular weight excluding hydrogens is 416 g/mol. The Hall–Kier alpha value is -2.22. The van der Waals surface area contributed by atoms with E-state index in [-0.39, 0.29) is 12.7 Å². The van der Waals surface area contributed by atoms with Crippen molar-refractivity contribution in [3.05, 3.63) is 59.2 Å². The molecule has 28 heavy (non-hydrogen) atoms. The van der Waals surface area contributed by atoms with Gasteiger partial charge in [0.2, 0.25) is 12.7 Å². The normalized spacial score (nSPS) is 16.0. The summed E-state index contributed by atoms with van der Waals surface area (Å²) in [5.74, 6) is 1.40. The zero-order chi connectivity index (χ0) is 19.1. The van der Waals surface area contributed by atoms with Crippen molar-refractivity contribution in [1.82, 2.24) is 4.98 Å². The van der Waals surface area contributed by atoms with Crippen molar-refractivity contribution in [3.63, 3.8) is 0 Å². The Morgan fingerprint density at radius 1 is 1.18 bits per heavy atom. The smallest absolute Gasteiger partial charge is 0.236 e. The van der Waals surface area contributed by atoms with Crippen LogP contribution < -0.4 is 14.8 Å². The van der Waals surface area contributed by atoms with Gasteiger partial charge in [0, 0.05) is 9.92 Å². The summed E-state index contributed by atoms with van der Waals surface area (Å²) in [7, 11) is 0. The van der Waals surface area contributed by atoms with Crippen LogP contribution in [0.15, 0.2) is 57.8 Å². The van der Waals surface area contributed by atoms with Crippen LogP contribution in [0, 0.1) is 0 Å². The summed E-state index contributed by atoms with van der Waals surface area (Å²) >= 11 is 9.06. The molecule has 2 aromatic carbocycles. The van der Waals surface area contributed by atoms with Crippen molar-refractivity contribution in [2.24, 2.45) is 0 Å². The van der Waals surface area contributed by atoms with Gasteiger partial charge in [0.15, 0.2) is 16.6 Å². The number of carbonyl (C=O) groups excluding carboxylic acids is 1. The topological polar surface area (TPSA) is 60.5 Å². The maximum Gasteiger partial charge on any atom is 0.236 e. The Morgan fingerprint density at radius 3 is 2.86 bits per heavy atom. The van der Waals surface area contributed by atoms with Gasteiger partial charge >= 0.3 is 0 Å². The van der Waals surface area contributed by atoms with E-state index in [0.717, 1.165) is 33.3 Å². The molecule has 142 valence electrons. The van der Waals surface area contributed by atoms with E-state index in [1.807, 2.05) is 42.5 Å². The number of nitrogens with zero attached hydrogens (tertiary/aromatic N) is 1. The number of rotatable bonds is 5. The maximum atomic E-state index is 13.0. The summed E-state index contributed by atoms with van der Waals surface area (Å²) in [6.07, 6.45) is 3.40. The fourth-order valence-corrected chi connectivity index (χ4v) is 5.36. The van der Waals surface area contributed by atoms with Gasteiger partial charge in [-0.3, -0.25) is 4.79 Å². The van der Waals surface area contributed by atoms with Gasteiger partial charge in [0.1, 0.15) is 0 Å². The second-order valence-corrected chi connectivity index (χ2v) is 9.49. The summed E-state index contributed by atoms with van der Waals surface area (Å²) in [6, 6.07) is 13.4. The van der Waals surface area contributed by atoms with Crippen LogP contribution in [0.25, 0.3) is 0 Å². The van der Waals surface area contributed by atoms with Crippen molar-refractivity contribution in [2.45, 2.75) is 27.4 Å². The summed E-state index contributed by atoms with van der Waals surface area (Å²) in [4.78, 5) is 18.4. The highest BCUT2D eigenvalue weighted by Crippen LogP contribution is 2.51. The van der Waals surface area contributed by atoms with Gasteiger partial charge in [0.25, 0.3) is 0 Å². The first kappa shape index (κ1) is 17.8. The van der Waals surface area contributed by atoms with Crippen molar-refractivity contribution in [2.75, 3.05) is 12.1 Å². The number of hydrogen-bond donors (Lipinski definition) is 1.